The zero-order valence-corrected chi connectivity index (χ0v) is 11.7. The van der Waals surface area contributed by atoms with Crippen molar-refractivity contribution in [2.45, 2.75) is 50.4 Å². The third-order valence-electron chi connectivity index (χ3n) is 5.19. The van der Waals surface area contributed by atoms with Crippen molar-refractivity contribution >= 4 is 11.6 Å². The summed E-state index contributed by atoms with van der Waals surface area (Å²) in [6.07, 6.45) is 9.68. The molecule has 2 fully saturated rings. The normalized spacial score (nSPS) is 24.8. The maximum absolute atomic E-state index is 6.10. The average Bonchev–Trinajstić information content (AvgIpc) is 2.37. The lowest BCUT2D eigenvalue weighted by Crippen LogP contribution is -2.54. The van der Waals surface area contributed by atoms with E-state index in [1.165, 1.54) is 50.5 Å². The number of hydrogen-bond donors (Lipinski definition) is 1. The van der Waals surface area contributed by atoms with Gasteiger partial charge in [0.2, 0.25) is 0 Å². The topological polar surface area (TPSA) is 26.0 Å². The van der Waals surface area contributed by atoms with Crippen molar-refractivity contribution in [3.05, 3.63) is 34.9 Å². The van der Waals surface area contributed by atoms with Crippen LogP contribution in [-0.2, 0) is 5.41 Å². The van der Waals surface area contributed by atoms with Gasteiger partial charge < -0.3 is 5.73 Å². The molecule has 0 atom stereocenters. The van der Waals surface area contributed by atoms with Crippen LogP contribution in [0.2, 0.25) is 5.02 Å². The zero-order chi connectivity index (χ0) is 12.6. The van der Waals surface area contributed by atoms with Gasteiger partial charge in [-0.05, 0) is 48.8 Å². The summed E-state index contributed by atoms with van der Waals surface area (Å²) in [6, 6.07) is 8.34. The summed E-state index contributed by atoms with van der Waals surface area (Å²) in [5.74, 6) is 0. The van der Waals surface area contributed by atoms with E-state index < -0.39 is 0 Å². The van der Waals surface area contributed by atoms with Crippen LogP contribution in [0.1, 0.15) is 50.5 Å². The highest BCUT2D eigenvalue weighted by atomic mass is 35.5. The Kier molecular flexibility index (Phi) is 3.15. The standard InChI is InChI=1S/C16H22ClN/c17-14-6-4-13(5-7-14)16(12-18)10-15(11-16)8-2-1-3-9-15/h4-7H,1-3,8-12,18H2. The van der Waals surface area contributed by atoms with Crippen molar-refractivity contribution in [3.63, 3.8) is 0 Å². The van der Waals surface area contributed by atoms with Gasteiger partial charge in [0.05, 0.1) is 0 Å². The van der Waals surface area contributed by atoms with Crippen LogP contribution in [0.25, 0.3) is 0 Å². The fourth-order valence-electron chi connectivity index (χ4n) is 4.31. The maximum atomic E-state index is 6.10. The molecular weight excluding hydrogens is 242 g/mol. The first kappa shape index (κ1) is 12.5. The molecule has 2 aliphatic carbocycles. The van der Waals surface area contributed by atoms with Crippen molar-refractivity contribution in [3.8, 4) is 0 Å². The van der Waals surface area contributed by atoms with Gasteiger partial charge in [-0.15, -0.1) is 0 Å². The second-order valence-corrected chi connectivity index (χ2v) is 6.84. The molecule has 2 heteroatoms. The second kappa shape index (κ2) is 4.54. The Morgan fingerprint density at radius 1 is 1.00 bits per heavy atom. The van der Waals surface area contributed by atoms with Gasteiger partial charge in [0.25, 0.3) is 0 Å². The van der Waals surface area contributed by atoms with E-state index in [0.717, 1.165) is 11.6 Å². The molecule has 2 N–H and O–H groups in total. The molecule has 2 saturated carbocycles. The van der Waals surface area contributed by atoms with Crippen molar-refractivity contribution in [2.75, 3.05) is 6.54 Å². The second-order valence-electron chi connectivity index (χ2n) is 6.41. The third-order valence-corrected chi connectivity index (χ3v) is 5.44. The number of hydrogen-bond acceptors (Lipinski definition) is 1. The first-order chi connectivity index (χ1) is 8.68. The smallest absolute Gasteiger partial charge is 0.0406 e. The maximum Gasteiger partial charge on any atom is 0.0406 e. The van der Waals surface area contributed by atoms with Crippen LogP contribution in [0, 0.1) is 5.41 Å². The van der Waals surface area contributed by atoms with E-state index in [-0.39, 0.29) is 5.41 Å². The Hall–Kier alpha value is -0.530. The fraction of sp³-hybridized carbons (Fsp3) is 0.625. The molecule has 98 valence electrons. The lowest BCUT2D eigenvalue weighted by Gasteiger charge is -2.58. The molecule has 1 spiro atoms. The SMILES string of the molecule is NCC1(c2ccc(Cl)cc2)CC2(CCCCC2)C1. The van der Waals surface area contributed by atoms with Crippen molar-refractivity contribution in [1.29, 1.82) is 0 Å². The molecule has 0 saturated heterocycles. The summed E-state index contributed by atoms with van der Waals surface area (Å²) in [6.45, 7) is 0.774. The fourth-order valence-corrected chi connectivity index (χ4v) is 4.43. The zero-order valence-electron chi connectivity index (χ0n) is 10.9. The van der Waals surface area contributed by atoms with Gasteiger partial charge in [-0.2, -0.15) is 0 Å². The Bertz CT molecular complexity index is 409. The summed E-state index contributed by atoms with van der Waals surface area (Å²) in [5.41, 5.74) is 8.35. The monoisotopic (exact) mass is 263 g/mol. The summed E-state index contributed by atoms with van der Waals surface area (Å²) in [5, 5.41) is 0.817. The molecular formula is C16H22ClN. The molecule has 0 amide bonds. The van der Waals surface area contributed by atoms with Gasteiger partial charge in [0.1, 0.15) is 0 Å². The van der Waals surface area contributed by atoms with Crippen LogP contribution in [0.15, 0.2) is 24.3 Å². The van der Waals surface area contributed by atoms with E-state index in [1.54, 1.807) is 0 Å². The predicted molar refractivity (Wildman–Crippen MR) is 76.9 cm³/mol. The molecule has 0 heterocycles. The minimum absolute atomic E-state index is 0.238. The molecule has 1 aromatic carbocycles. The van der Waals surface area contributed by atoms with E-state index in [2.05, 4.69) is 12.1 Å². The van der Waals surface area contributed by atoms with Crippen molar-refractivity contribution in [2.24, 2.45) is 11.1 Å². The molecule has 1 aromatic rings. The number of benzene rings is 1. The number of nitrogens with two attached hydrogens (primary N) is 1. The molecule has 0 radical (unpaired) electrons. The molecule has 0 aliphatic heterocycles. The van der Waals surface area contributed by atoms with E-state index >= 15 is 0 Å². The summed E-state index contributed by atoms with van der Waals surface area (Å²) >= 11 is 5.98. The number of halogens is 1. The lowest BCUT2D eigenvalue weighted by molar-refractivity contribution is -0.00833. The van der Waals surface area contributed by atoms with Gasteiger partial charge in [0.15, 0.2) is 0 Å². The minimum atomic E-state index is 0.238. The summed E-state index contributed by atoms with van der Waals surface area (Å²) in [7, 11) is 0. The Balaban J connectivity index is 1.79. The summed E-state index contributed by atoms with van der Waals surface area (Å²) < 4.78 is 0. The van der Waals surface area contributed by atoms with Gasteiger partial charge >= 0.3 is 0 Å². The van der Waals surface area contributed by atoms with Crippen molar-refractivity contribution in [1.82, 2.24) is 0 Å². The van der Waals surface area contributed by atoms with Crippen LogP contribution >= 0.6 is 11.6 Å². The predicted octanol–water partition coefficient (Wildman–Crippen LogP) is 4.28. The molecule has 18 heavy (non-hydrogen) atoms. The van der Waals surface area contributed by atoms with Crippen molar-refractivity contribution < 1.29 is 0 Å². The third kappa shape index (κ3) is 1.98. The van der Waals surface area contributed by atoms with Gasteiger partial charge in [-0.1, -0.05) is 43.0 Å². The Morgan fingerprint density at radius 2 is 1.61 bits per heavy atom. The van der Waals surface area contributed by atoms with E-state index in [0.29, 0.717) is 5.41 Å². The lowest BCUT2D eigenvalue weighted by atomic mass is 9.47. The van der Waals surface area contributed by atoms with Crippen LogP contribution in [0.5, 0.6) is 0 Å². The minimum Gasteiger partial charge on any atom is -0.330 e. The van der Waals surface area contributed by atoms with Crippen LogP contribution in [0.3, 0.4) is 0 Å². The van der Waals surface area contributed by atoms with Gasteiger partial charge in [0, 0.05) is 17.0 Å². The molecule has 0 aromatic heterocycles. The van der Waals surface area contributed by atoms with E-state index in [4.69, 9.17) is 17.3 Å². The van der Waals surface area contributed by atoms with Crippen LogP contribution < -0.4 is 5.73 Å². The summed E-state index contributed by atoms with van der Waals surface area (Å²) in [4.78, 5) is 0. The van der Waals surface area contributed by atoms with Gasteiger partial charge in [-0.25, -0.2) is 0 Å². The van der Waals surface area contributed by atoms with E-state index in [9.17, 15) is 0 Å². The molecule has 1 nitrogen and oxygen atoms in total. The highest BCUT2D eigenvalue weighted by Crippen LogP contribution is 2.61. The highest BCUT2D eigenvalue weighted by molar-refractivity contribution is 6.30. The Morgan fingerprint density at radius 3 is 2.17 bits per heavy atom. The van der Waals surface area contributed by atoms with E-state index in [1.807, 2.05) is 12.1 Å². The highest BCUT2D eigenvalue weighted by Gasteiger charge is 2.54. The molecule has 0 unspecified atom stereocenters. The first-order valence-corrected chi connectivity index (χ1v) is 7.52. The molecule has 2 aliphatic rings. The quantitative estimate of drug-likeness (QED) is 0.847. The number of rotatable bonds is 2. The first-order valence-electron chi connectivity index (χ1n) is 7.14. The molecule has 0 bridgehead atoms. The average molecular weight is 264 g/mol. The largest absolute Gasteiger partial charge is 0.330 e. The molecule has 3 rings (SSSR count). The van der Waals surface area contributed by atoms with Crippen LogP contribution in [0.4, 0.5) is 0 Å². The van der Waals surface area contributed by atoms with Crippen LogP contribution in [-0.4, -0.2) is 6.54 Å². The Labute approximate surface area is 115 Å². The van der Waals surface area contributed by atoms with Gasteiger partial charge in [-0.3, -0.25) is 0 Å².